The molecular weight excluding hydrogens is 231 g/mol. The number of carbonyl (C=O) groups excluding carboxylic acids is 2. The van der Waals surface area contributed by atoms with Gasteiger partial charge >= 0.3 is 11.9 Å². The Labute approximate surface area is 92.1 Å². The summed E-state index contributed by atoms with van der Waals surface area (Å²) in [5.74, 6) is -2.92. The number of halogens is 2. The van der Waals surface area contributed by atoms with Gasteiger partial charge in [-0.15, -0.1) is 11.6 Å². The minimum atomic E-state index is -2.11. The zero-order valence-corrected chi connectivity index (χ0v) is 9.39. The van der Waals surface area contributed by atoms with Crippen molar-refractivity contribution in [2.75, 3.05) is 5.88 Å². The third-order valence-corrected chi connectivity index (χ3v) is 2.44. The molecule has 0 N–H and O–H groups in total. The van der Waals surface area contributed by atoms with Gasteiger partial charge in [-0.05, 0) is 0 Å². The van der Waals surface area contributed by atoms with Crippen LogP contribution >= 0.6 is 23.2 Å². The summed E-state index contributed by atoms with van der Waals surface area (Å²) in [6.45, 7) is 3.02. The minimum Gasteiger partial charge on any atom is -0.431 e. The molecule has 0 spiro atoms. The van der Waals surface area contributed by atoms with E-state index in [1.165, 1.54) is 13.8 Å². The van der Waals surface area contributed by atoms with Crippen LogP contribution in [0, 0.1) is 5.92 Å². The van der Waals surface area contributed by atoms with Crippen LogP contribution in [-0.4, -0.2) is 22.9 Å². The lowest BCUT2D eigenvalue weighted by Crippen LogP contribution is -2.42. The van der Waals surface area contributed by atoms with Crippen LogP contribution < -0.4 is 0 Å². The number of esters is 1. The van der Waals surface area contributed by atoms with E-state index in [1.807, 2.05) is 0 Å². The van der Waals surface area contributed by atoms with Gasteiger partial charge in [0.2, 0.25) is 0 Å². The van der Waals surface area contributed by atoms with Crippen molar-refractivity contribution in [3.63, 3.8) is 0 Å². The van der Waals surface area contributed by atoms with Crippen molar-refractivity contribution >= 4 is 35.1 Å². The Hall–Kier alpha value is -0.480. The molecule has 1 unspecified atom stereocenters. The normalized spacial score (nSPS) is 14.9. The van der Waals surface area contributed by atoms with E-state index in [9.17, 15) is 14.7 Å². The monoisotopic (exact) mass is 241 g/mol. The minimum absolute atomic E-state index is 0.0525. The van der Waals surface area contributed by atoms with E-state index in [0.29, 0.717) is 0 Å². The second-order valence-electron chi connectivity index (χ2n) is 3.00. The van der Waals surface area contributed by atoms with E-state index < -0.39 is 22.9 Å². The predicted octanol–water partition coefficient (Wildman–Crippen LogP) is 1.71. The summed E-state index contributed by atoms with van der Waals surface area (Å²) < 4.78 is 4.58. The topological polar surface area (TPSA) is 63.3 Å². The summed E-state index contributed by atoms with van der Waals surface area (Å²) in [6.07, 6.45) is -0.0873. The molecule has 1 radical (unpaired) electrons. The third-order valence-electron chi connectivity index (χ3n) is 1.58. The molecule has 0 heterocycles. The standard InChI is InChI=1S/C8H11Cl2O4/c1-5(2)8(10,7(12)13)14-6(11)3-4-9/h5H,3-4H2,1-2H3. The zero-order chi connectivity index (χ0) is 11.4. The summed E-state index contributed by atoms with van der Waals surface area (Å²) in [5.41, 5.74) is 0. The number of ether oxygens (including phenoxy) is 1. The van der Waals surface area contributed by atoms with Crippen LogP contribution in [0.25, 0.3) is 0 Å². The second kappa shape index (κ2) is 5.41. The molecule has 6 heteroatoms. The SMILES string of the molecule is CC(C)C(Cl)(OC(=O)CCCl)C([O])=O. The van der Waals surface area contributed by atoms with E-state index in [1.54, 1.807) is 0 Å². The van der Waals surface area contributed by atoms with Gasteiger partial charge in [0.1, 0.15) is 0 Å². The predicted molar refractivity (Wildman–Crippen MR) is 50.5 cm³/mol. The summed E-state index contributed by atoms with van der Waals surface area (Å²) in [4.78, 5) is 21.6. The Kier molecular flexibility index (Phi) is 5.23. The number of hydrogen-bond donors (Lipinski definition) is 0. The lowest BCUT2D eigenvalue weighted by Gasteiger charge is -2.24. The Balaban J connectivity index is 4.54. The molecule has 0 aliphatic heterocycles. The smallest absolute Gasteiger partial charge is 0.414 e. The van der Waals surface area contributed by atoms with Gasteiger partial charge < -0.3 is 4.74 Å². The summed E-state index contributed by atoms with van der Waals surface area (Å²) in [6, 6.07) is 0. The van der Waals surface area contributed by atoms with Crippen molar-refractivity contribution in [2.45, 2.75) is 25.3 Å². The van der Waals surface area contributed by atoms with Crippen molar-refractivity contribution in [1.29, 1.82) is 0 Å². The van der Waals surface area contributed by atoms with Crippen LogP contribution in [-0.2, 0) is 19.4 Å². The molecule has 4 nitrogen and oxygen atoms in total. The van der Waals surface area contributed by atoms with Crippen LogP contribution in [0.3, 0.4) is 0 Å². The Morgan fingerprint density at radius 1 is 1.43 bits per heavy atom. The molecule has 0 aromatic carbocycles. The molecule has 0 aliphatic rings. The molecule has 0 bridgehead atoms. The quantitative estimate of drug-likeness (QED) is 0.544. The van der Waals surface area contributed by atoms with Gasteiger partial charge in [0, 0.05) is 11.8 Å². The van der Waals surface area contributed by atoms with Gasteiger partial charge in [0.05, 0.1) is 6.42 Å². The number of carbonyl (C=O) groups is 2. The van der Waals surface area contributed by atoms with Gasteiger partial charge in [0.15, 0.2) is 0 Å². The van der Waals surface area contributed by atoms with E-state index in [0.717, 1.165) is 0 Å². The molecular formula is C8H11Cl2O4. The lowest BCUT2D eigenvalue weighted by molar-refractivity contribution is -0.176. The fourth-order valence-electron chi connectivity index (χ4n) is 0.689. The number of rotatable bonds is 5. The molecule has 0 saturated carbocycles. The van der Waals surface area contributed by atoms with Crippen LogP contribution in [0.15, 0.2) is 0 Å². The maximum absolute atomic E-state index is 11.0. The zero-order valence-electron chi connectivity index (χ0n) is 7.88. The second-order valence-corrected chi connectivity index (χ2v) is 3.94. The maximum Gasteiger partial charge on any atom is 0.414 e. The van der Waals surface area contributed by atoms with E-state index in [2.05, 4.69) is 4.74 Å². The highest BCUT2D eigenvalue weighted by Crippen LogP contribution is 2.28. The van der Waals surface area contributed by atoms with Crippen molar-refractivity contribution in [3.8, 4) is 0 Å². The first-order valence-corrected chi connectivity index (χ1v) is 4.94. The van der Waals surface area contributed by atoms with Crippen molar-refractivity contribution in [1.82, 2.24) is 0 Å². The average Bonchev–Trinajstić information content (AvgIpc) is 2.03. The molecule has 0 saturated heterocycles. The largest absolute Gasteiger partial charge is 0.431 e. The summed E-state index contributed by atoms with van der Waals surface area (Å²) in [7, 11) is 0. The summed E-state index contributed by atoms with van der Waals surface area (Å²) in [5, 5.41) is 8.54. The molecule has 14 heavy (non-hydrogen) atoms. The van der Waals surface area contributed by atoms with Crippen molar-refractivity contribution in [3.05, 3.63) is 0 Å². The van der Waals surface area contributed by atoms with Crippen LogP contribution in [0.2, 0.25) is 0 Å². The lowest BCUT2D eigenvalue weighted by atomic mass is 10.1. The van der Waals surface area contributed by atoms with Crippen LogP contribution in [0.4, 0.5) is 0 Å². The van der Waals surface area contributed by atoms with Crippen molar-refractivity contribution < 1.29 is 19.4 Å². The molecule has 0 fully saturated rings. The Morgan fingerprint density at radius 3 is 2.21 bits per heavy atom. The van der Waals surface area contributed by atoms with Crippen LogP contribution in [0.5, 0.6) is 0 Å². The van der Waals surface area contributed by atoms with E-state index >= 15 is 0 Å². The first-order valence-electron chi connectivity index (χ1n) is 4.02. The molecule has 0 aliphatic carbocycles. The first-order chi connectivity index (χ1) is 6.34. The van der Waals surface area contributed by atoms with Gasteiger partial charge in [-0.25, -0.2) is 9.90 Å². The van der Waals surface area contributed by atoms with Gasteiger partial charge in [-0.1, -0.05) is 25.4 Å². The van der Waals surface area contributed by atoms with E-state index in [-0.39, 0.29) is 12.3 Å². The molecule has 0 aromatic rings. The Bertz CT molecular complexity index is 229. The van der Waals surface area contributed by atoms with Gasteiger partial charge in [-0.3, -0.25) is 4.79 Å². The molecule has 81 valence electrons. The van der Waals surface area contributed by atoms with Gasteiger partial charge in [-0.2, -0.15) is 0 Å². The van der Waals surface area contributed by atoms with Crippen LogP contribution in [0.1, 0.15) is 20.3 Å². The third kappa shape index (κ3) is 3.35. The van der Waals surface area contributed by atoms with E-state index in [4.69, 9.17) is 23.2 Å². The Morgan fingerprint density at radius 2 is 1.93 bits per heavy atom. The highest BCUT2D eigenvalue weighted by molar-refractivity contribution is 6.33. The number of alkyl halides is 2. The summed E-state index contributed by atoms with van der Waals surface area (Å²) >= 11 is 10.9. The molecule has 0 aromatic heterocycles. The molecule has 0 amide bonds. The molecule has 0 rings (SSSR count). The fourth-order valence-corrected chi connectivity index (χ4v) is 0.929. The highest BCUT2D eigenvalue weighted by Gasteiger charge is 2.45. The fraction of sp³-hybridized carbons (Fsp3) is 0.750. The average molecular weight is 242 g/mol. The maximum atomic E-state index is 11.0. The first kappa shape index (κ1) is 13.5. The van der Waals surface area contributed by atoms with Crippen molar-refractivity contribution in [2.24, 2.45) is 5.92 Å². The highest BCUT2D eigenvalue weighted by atomic mass is 35.5. The van der Waals surface area contributed by atoms with Gasteiger partial charge in [0.25, 0.3) is 5.06 Å². The number of hydrogen-bond acceptors (Lipinski definition) is 3. The molecule has 1 atom stereocenters.